The second-order valence-corrected chi connectivity index (χ2v) is 5.06. The van der Waals surface area contributed by atoms with E-state index in [9.17, 15) is 4.39 Å². The first-order chi connectivity index (χ1) is 7.35. The van der Waals surface area contributed by atoms with Gasteiger partial charge in [0.15, 0.2) is 0 Å². The monoisotopic (exact) mass is 224 g/mol. The van der Waals surface area contributed by atoms with Crippen molar-refractivity contribution in [3.8, 4) is 0 Å². The number of aryl methyl sites for hydroxylation is 1. The average molecular weight is 224 g/mol. The molecule has 0 radical (unpaired) electrons. The number of hydrogen-bond acceptors (Lipinski definition) is 2. The number of rotatable bonds is 4. The van der Waals surface area contributed by atoms with Gasteiger partial charge < -0.3 is 11.1 Å². The second-order valence-electron chi connectivity index (χ2n) is 5.06. The van der Waals surface area contributed by atoms with Gasteiger partial charge in [0.2, 0.25) is 0 Å². The number of nitrogens with two attached hydrogens (primary N) is 1. The van der Waals surface area contributed by atoms with Gasteiger partial charge in [0.05, 0.1) is 11.4 Å². The van der Waals surface area contributed by atoms with Crippen molar-refractivity contribution in [2.24, 2.45) is 5.41 Å². The molecule has 0 aliphatic carbocycles. The maximum Gasteiger partial charge on any atom is 0.128 e. The molecule has 0 unspecified atom stereocenters. The smallest absolute Gasteiger partial charge is 0.128 e. The minimum absolute atomic E-state index is 0.217. The largest absolute Gasteiger partial charge is 0.397 e. The molecule has 90 valence electrons. The van der Waals surface area contributed by atoms with Crippen molar-refractivity contribution >= 4 is 11.4 Å². The number of anilines is 2. The van der Waals surface area contributed by atoms with Gasteiger partial charge in [0.25, 0.3) is 0 Å². The van der Waals surface area contributed by atoms with Crippen LogP contribution in [0, 0.1) is 18.2 Å². The lowest BCUT2D eigenvalue weighted by atomic mass is 9.90. The molecule has 16 heavy (non-hydrogen) atoms. The molecular formula is C13H21FN2. The molecule has 0 aliphatic rings. The summed E-state index contributed by atoms with van der Waals surface area (Å²) in [7, 11) is 0. The van der Waals surface area contributed by atoms with Gasteiger partial charge in [-0.05, 0) is 36.5 Å². The molecule has 0 fully saturated rings. The van der Waals surface area contributed by atoms with E-state index in [0.29, 0.717) is 11.3 Å². The zero-order valence-corrected chi connectivity index (χ0v) is 10.5. The highest BCUT2D eigenvalue weighted by atomic mass is 19.1. The van der Waals surface area contributed by atoms with Crippen LogP contribution in [0.25, 0.3) is 0 Å². The Hall–Kier alpha value is -1.25. The summed E-state index contributed by atoms with van der Waals surface area (Å²) in [6.07, 6.45) is 1.08. The van der Waals surface area contributed by atoms with Gasteiger partial charge >= 0.3 is 0 Å². The molecule has 0 aliphatic heterocycles. The fourth-order valence-corrected chi connectivity index (χ4v) is 1.31. The molecule has 0 heterocycles. The first kappa shape index (κ1) is 12.8. The van der Waals surface area contributed by atoms with E-state index >= 15 is 0 Å². The highest BCUT2D eigenvalue weighted by molar-refractivity contribution is 5.67. The van der Waals surface area contributed by atoms with Gasteiger partial charge in [-0.1, -0.05) is 20.8 Å². The quantitative estimate of drug-likeness (QED) is 0.767. The topological polar surface area (TPSA) is 38.0 Å². The summed E-state index contributed by atoms with van der Waals surface area (Å²) >= 11 is 0. The predicted molar refractivity (Wildman–Crippen MR) is 68.1 cm³/mol. The van der Waals surface area contributed by atoms with Crippen molar-refractivity contribution in [2.75, 3.05) is 17.6 Å². The van der Waals surface area contributed by atoms with Crippen LogP contribution in [0.5, 0.6) is 0 Å². The SMILES string of the molecule is CCC(C)(C)CNc1cc(C)c(F)cc1N. The molecule has 1 aromatic rings. The van der Waals surface area contributed by atoms with Gasteiger partial charge in [-0.2, -0.15) is 0 Å². The van der Waals surface area contributed by atoms with Crippen LogP contribution in [0.4, 0.5) is 15.8 Å². The zero-order chi connectivity index (χ0) is 12.3. The van der Waals surface area contributed by atoms with Crippen molar-refractivity contribution in [3.05, 3.63) is 23.5 Å². The van der Waals surface area contributed by atoms with Crippen LogP contribution >= 0.6 is 0 Å². The van der Waals surface area contributed by atoms with E-state index in [1.165, 1.54) is 6.07 Å². The highest BCUT2D eigenvalue weighted by Gasteiger charge is 2.15. The summed E-state index contributed by atoms with van der Waals surface area (Å²) < 4.78 is 13.2. The zero-order valence-electron chi connectivity index (χ0n) is 10.5. The highest BCUT2D eigenvalue weighted by Crippen LogP contribution is 2.25. The molecule has 1 rings (SSSR count). The Morgan fingerprint density at radius 2 is 2.00 bits per heavy atom. The van der Waals surface area contributed by atoms with Crippen LogP contribution in [0.1, 0.15) is 32.8 Å². The molecular weight excluding hydrogens is 203 g/mol. The Bertz CT molecular complexity index is 372. The number of halogens is 1. The number of nitrogen functional groups attached to an aromatic ring is 1. The molecule has 0 saturated carbocycles. The Labute approximate surface area is 97.0 Å². The van der Waals surface area contributed by atoms with Crippen LogP contribution in [0.2, 0.25) is 0 Å². The number of nitrogens with one attached hydrogen (secondary N) is 1. The Kier molecular flexibility index (Phi) is 3.79. The molecule has 3 heteroatoms. The Balaban J connectivity index is 2.79. The predicted octanol–water partition coefficient (Wildman–Crippen LogP) is 3.56. The molecule has 1 aromatic carbocycles. The lowest BCUT2D eigenvalue weighted by Gasteiger charge is -2.24. The van der Waals surface area contributed by atoms with Gasteiger partial charge in [-0.25, -0.2) is 4.39 Å². The van der Waals surface area contributed by atoms with Gasteiger partial charge in [0, 0.05) is 6.54 Å². The van der Waals surface area contributed by atoms with Gasteiger partial charge in [0.1, 0.15) is 5.82 Å². The molecule has 0 bridgehead atoms. The van der Waals surface area contributed by atoms with Crippen LogP contribution in [0.15, 0.2) is 12.1 Å². The lowest BCUT2D eigenvalue weighted by molar-refractivity contribution is 0.377. The third-order valence-corrected chi connectivity index (χ3v) is 3.05. The Morgan fingerprint density at radius 1 is 1.38 bits per heavy atom. The van der Waals surface area contributed by atoms with Crippen molar-refractivity contribution in [1.82, 2.24) is 0 Å². The average Bonchev–Trinajstić information content (AvgIpc) is 2.22. The van der Waals surface area contributed by atoms with E-state index in [-0.39, 0.29) is 11.2 Å². The molecule has 0 atom stereocenters. The fourth-order valence-electron chi connectivity index (χ4n) is 1.31. The summed E-state index contributed by atoms with van der Waals surface area (Å²) in [5.74, 6) is -0.252. The normalized spacial score (nSPS) is 11.6. The summed E-state index contributed by atoms with van der Waals surface area (Å²) in [6, 6.07) is 3.13. The van der Waals surface area contributed by atoms with Crippen LogP contribution in [-0.4, -0.2) is 6.54 Å². The van der Waals surface area contributed by atoms with Crippen molar-refractivity contribution in [3.63, 3.8) is 0 Å². The Morgan fingerprint density at radius 3 is 2.56 bits per heavy atom. The van der Waals surface area contributed by atoms with E-state index in [0.717, 1.165) is 18.7 Å². The maximum absolute atomic E-state index is 13.2. The standard InChI is InChI=1S/C13H21FN2/c1-5-13(3,4)8-16-12-6-9(2)10(14)7-11(12)15/h6-7,16H,5,8,15H2,1-4H3. The second kappa shape index (κ2) is 4.73. The van der Waals surface area contributed by atoms with E-state index in [2.05, 4.69) is 26.1 Å². The molecule has 0 amide bonds. The minimum Gasteiger partial charge on any atom is -0.397 e. The first-order valence-corrected chi connectivity index (χ1v) is 5.65. The summed E-state index contributed by atoms with van der Waals surface area (Å²) in [6.45, 7) is 9.10. The van der Waals surface area contributed by atoms with E-state index in [1.54, 1.807) is 13.0 Å². The number of hydrogen-bond donors (Lipinski definition) is 2. The molecule has 0 spiro atoms. The van der Waals surface area contributed by atoms with Gasteiger partial charge in [-0.15, -0.1) is 0 Å². The van der Waals surface area contributed by atoms with E-state index < -0.39 is 0 Å². The van der Waals surface area contributed by atoms with Crippen LogP contribution < -0.4 is 11.1 Å². The van der Waals surface area contributed by atoms with Crippen LogP contribution in [-0.2, 0) is 0 Å². The van der Waals surface area contributed by atoms with E-state index in [4.69, 9.17) is 5.73 Å². The summed E-state index contributed by atoms with van der Waals surface area (Å²) in [5, 5.41) is 3.28. The molecule has 3 N–H and O–H groups in total. The van der Waals surface area contributed by atoms with Crippen LogP contribution in [0.3, 0.4) is 0 Å². The fraction of sp³-hybridized carbons (Fsp3) is 0.538. The van der Waals surface area contributed by atoms with Gasteiger partial charge in [-0.3, -0.25) is 0 Å². The van der Waals surface area contributed by atoms with Crippen molar-refractivity contribution in [1.29, 1.82) is 0 Å². The lowest BCUT2D eigenvalue weighted by Crippen LogP contribution is -2.22. The first-order valence-electron chi connectivity index (χ1n) is 5.65. The number of benzene rings is 1. The van der Waals surface area contributed by atoms with Crippen molar-refractivity contribution in [2.45, 2.75) is 34.1 Å². The summed E-state index contributed by atoms with van der Waals surface area (Å²) in [4.78, 5) is 0. The van der Waals surface area contributed by atoms with Crippen molar-refractivity contribution < 1.29 is 4.39 Å². The molecule has 0 aromatic heterocycles. The molecule has 2 nitrogen and oxygen atoms in total. The summed E-state index contributed by atoms with van der Waals surface area (Å²) in [5.41, 5.74) is 7.88. The van der Waals surface area contributed by atoms with E-state index in [1.807, 2.05) is 0 Å². The third-order valence-electron chi connectivity index (χ3n) is 3.05. The molecule has 0 saturated heterocycles. The maximum atomic E-state index is 13.2. The third kappa shape index (κ3) is 3.12. The minimum atomic E-state index is -0.252.